The molecule has 10 fully saturated rings. The summed E-state index contributed by atoms with van der Waals surface area (Å²) in [6.45, 7) is 12.6. The molecule has 7 saturated heterocycles. The summed E-state index contributed by atoms with van der Waals surface area (Å²) in [4.78, 5) is 14.8. The minimum absolute atomic E-state index is 0.129. The third-order valence-electron chi connectivity index (χ3n) is 23.3. The molecule has 0 aromatic heterocycles. The van der Waals surface area contributed by atoms with Crippen LogP contribution in [-0.4, -0.2) is 299 Å². The minimum atomic E-state index is -2.04. The molecule has 0 aromatic rings. The number of fused-ring (bicyclic) bond motifs is 4. The first-order chi connectivity index (χ1) is 41.7. The number of aliphatic hydroxyl groups is 15. The van der Waals surface area contributed by atoms with E-state index in [1.165, 1.54) is 14.0 Å². The minimum Gasteiger partial charge on any atom is -0.453 e. The van der Waals surface area contributed by atoms with Gasteiger partial charge in [0, 0.05) is 7.11 Å². The van der Waals surface area contributed by atoms with Gasteiger partial charge in [-0.1, -0.05) is 39.3 Å². The van der Waals surface area contributed by atoms with Crippen LogP contribution in [0.2, 0.25) is 0 Å². The standard InChI is InChI=1S/C60H96O29/c1-23-44(85-51-43(74)46(36(67)28(21-63)82-51)86-50-42(73)45(77-9)35(66)27(20-62)81-50)39(70)41(72)48(79-23)87-47-37(68)29(83-49-40(71)38(69)34(65)26(19-61)80-49)22-78-52(47)84-32-13-15-56(6)25-18-31(64)60-53(75)89-58(8,33-12-14-54(2,3)88-33)59(60,76)17-16-57(60,7)24(25)10-11-30(56)55(32,4)5/h18,23-24,26-52,61-74,76H,10-17,19-22H2,1-9H3/t23?,24?,26?,27?,28?,29?,30?,31-,32-,33+,34?,35?,36?,37?,38?,39?,40?,41?,42?,43?,44?,45?,46?,47?,48?,49?,50?,51?,52?,56+,57-,58-,59-,60?/m0/s1. The number of hydrogen-bond acceptors (Lipinski definition) is 29. The van der Waals surface area contributed by atoms with Gasteiger partial charge in [-0.3, -0.25) is 4.79 Å². The molecule has 0 amide bonds. The molecule has 34 atom stereocenters. The lowest BCUT2D eigenvalue weighted by atomic mass is 9.40. The zero-order valence-corrected chi connectivity index (χ0v) is 51.7. The maximum atomic E-state index is 14.8. The fourth-order valence-corrected chi connectivity index (χ4v) is 18.2. The second-order valence-electron chi connectivity index (χ2n) is 28.8. The highest BCUT2D eigenvalue weighted by molar-refractivity contribution is 5.86. The number of esters is 1. The van der Waals surface area contributed by atoms with E-state index in [9.17, 15) is 81.4 Å². The molecule has 7 aliphatic heterocycles. The van der Waals surface area contributed by atoms with Crippen LogP contribution in [-0.2, 0) is 66.4 Å². The van der Waals surface area contributed by atoms with Crippen molar-refractivity contribution < 1.29 is 143 Å². The molecule has 29 nitrogen and oxygen atoms in total. The summed E-state index contributed by atoms with van der Waals surface area (Å²) < 4.78 is 78.7. The van der Waals surface area contributed by atoms with E-state index < -0.39 is 237 Å². The van der Waals surface area contributed by atoms with Crippen LogP contribution >= 0.6 is 0 Å². The largest absolute Gasteiger partial charge is 0.453 e. The van der Waals surface area contributed by atoms with E-state index in [1.807, 2.05) is 26.8 Å². The lowest BCUT2D eigenvalue weighted by Gasteiger charge is -2.64. The Balaban J connectivity index is 0.823. The van der Waals surface area contributed by atoms with Gasteiger partial charge in [-0.2, -0.15) is 0 Å². The van der Waals surface area contributed by atoms with Crippen LogP contribution in [0.15, 0.2) is 11.6 Å². The van der Waals surface area contributed by atoms with Crippen LogP contribution in [0.4, 0.5) is 0 Å². The Bertz CT molecular complexity index is 2540. The maximum absolute atomic E-state index is 14.8. The molecule has 4 aliphatic carbocycles. The molecule has 29 heteroatoms. The highest BCUT2D eigenvalue weighted by atomic mass is 16.8. The van der Waals surface area contributed by atoms with Crippen LogP contribution in [0, 0.1) is 33.5 Å². The number of aliphatic hydroxyl groups excluding tert-OH is 14. The van der Waals surface area contributed by atoms with Gasteiger partial charge in [-0.05, 0) is 107 Å². The summed E-state index contributed by atoms with van der Waals surface area (Å²) >= 11 is 0. The molecular weight excluding hydrogens is 1180 g/mol. The van der Waals surface area contributed by atoms with Crippen molar-refractivity contribution in [3.05, 3.63) is 11.6 Å². The van der Waals surface area contributed by atoms with Crippen molar-refractivity contribution in [2.45, 2.75) is 289 Å². The van der Waals surface area contributed by atoms with Crippen molar-refractivity contribution in [3.63, 3.8) is 0 Å². The number of cyclic esters (lactones) is 1. The van der Waals surface area contributed by atoms with Crippen molar-refractivity contribution in [3.8, 4) is 0 Å². The highest BCUT2D eigenvalue weighted by Gasteiger charge is 2.87. The Hall–Kier alpha value is -1.87. The molecule has 11 aliphatic rings. The van der Waals surface area contributed by atoms with Gasteiger partial charge in [0.25, 0.3) is 0 Å². The molecule has 11 rings (SSSR count). The summed E-state index contributed by atoms with van der Waals surface area (Å²) in [6, 6.07) is 0. The first-order valence-corrected chi connectivity index (χ1v) is 31.5. The Morgan fingerprint density at radius 1 is 0.551 bits per heavy atom. The van der Waals surface area contributed by atoms with E-state index in [2.05, 4.69) is 20.8 Å². The molecule has 0 aromatic carbocycles. The van der Waals surface area contributed by atoms with E-state index >= 15 is 0 Å². The predicted molar refractivity (Wildman–Crippen MR) is 295 cm³/mol. The molecule has 510 valence electrons. The Morgan fingerprint density at radius 2 is 1.11 bits per heavy atom. The van der Waals surface area contributed by atoms with Gasteiger partial charge in [0.1, 0.15) is 127 Å². The topological polar surface area (TPSA) is 441 Å². The fourth-order valence-electron chi connectivity index (χ4n) is 18.2. The zero-order chi connectivity index (χ0) is 64.8. The van der Waals surface area contributed by atoms with Gasteiger partial charge >= 0.3 is 5.97 Å². The number of ether oxygens (including phenoxy) is 13. The Labute approximate surface area is 515 Å². The van der Waals surface area contributed by atoms with Gasteiger partial charge in [0.15, 0.2) is 37.1 Å². The number of methoxy groups -OCH3 is 1. The fraction of sp³-hybridized carbons (Fsp3) is 0.950. The number of carbonyl (C=O) groups is 1. The smallest absolute Gasteiger partial charge is 0.319 e. The SMILES string of the molecule is COC1C(O)C(CO)OC(OC2C(O)C(CO)OC(OC3C(C)OC(OC4C(O[C@H]5CC[C@]6(C)C7=C[C@H](O)C89C(=O)O[C@@](C)([C@H]%10CCC(C)(C)O%10)[C@@]8(O)CC[C@@]9(C)C7CCC6C5(C)C)OCC(OC5OC(CO)C(O)C(O)C5O)C4O)C(O)C3O)C2O)C1O. The molecule has 3 saturated carbocycles. The second-order valence-corrected chi connectivity index (χ2v) is 28.8. The van der Waals surface area contributed by atoms with Crippen LogP contribution < -0.4 is 0 Å². The second kappa shape index (κ2) is 24.6. The van der Waals surface area contributed by atoms with E-state index in [-0.39, 0.29) is 18.3 Å². The van der Waals surface area contributed by atoms with Gasteiger partial charge < -0.3 is 138 Å². The van der Waals surface area contributed by atoms with E-state index in [0.717, 1.165) is 5.57 Å². The molecule has 7 heterocycles. The lowest BCUT2D eigenvalue weighted by Crippen LogP contribution is -2.69. The summed E-state index contributed by atoms with van der Waals surface area (Å²) in [7, 11) is 1.18. The van der Waals surface area contributed by atoms with Gasteiger partial charge in [-0.15, -0.1) is 0 Å². The van der Waals surface area contributed by atoms with Gasteiger partial charge in [0.05, 0.1) is 50.3 Å². The molecule has 1 spiro atoms. The molecular formula is C60H96O29. The maximum Gasteiger partial charge on any atom is 0.319 e. The number of hydrogen-bond donors (Lipinski definition) is 15. The zero-order valence-electron chi connectivity index (χ0n) is 51.7. The molecule has 0 radical (unpaired) electrons. The normalized spacial score (nSPS) is 55.4. The van der Waals surface area contributed by atoms with Crippen LogP contribution in [0.3, 0.4) is 0 Å². The number of carbonyl (C=O) groups excluding carboxylic acids is 1. The Kier molecular flexibility index (Phi) is 19.0. The first-order valence-electron chi connectivity index (χ1n) is 31.5. The monoisotopic (exact) mass is 1280 g/mol. The molecule has 15 N–H and O–H groups in total. The van der Waals surface area contributed by atoms with E-state index in [1.54, 1.807) is 6.92 Å². The molecule has 89 heavy (non-hydrogen) atoms. The van der Waals surface area contributed by atoms with Crippen molar-refractivity contribution >= 4 is 5.97 Å². The summed E-state index contributed by atoms with van der Waals surface area (Å²) in [6.07, 6.45) is -37.0. The van der Waals surface area contributed by atoms with E-state index in [0.29, 0.717) is 44.9 Å². The average molecular weight is 1280 g/mol. The van der Waals surface area contributed by atoms with E-state index in [4.69, 9.17) is 61.6 Å². The van der Waals surface area contributed by atoms with Crippen molar-refractivity contribution in [1.29, 1.82) is 0 Å². The first kappa shape index (κ1) is 68.5. The van der Waals surface area contributed by atoms with Crippen LogP contribution in [0.5, 0.6) is 0 Å². The lowest BCUT2D eigenvalue weighted by molar-refractivity contribution is -0.394. The predicted octanol–water partition coefficient (Wildman–Crippen LogP) is -4.27. The number of allylic oxidation sites excluding steroid dienone is 1. The third kappa shape index (κ3) is 10.6. The third-order valence-corrected chi connectivity index (χ3v) is 23.3. The quantitative estimate of drug-likeness (QED) is 0.0419. The van der Waals surface area contributed by atoms with Crippen molar-refractivity contribution in [2.75, 3.05) is 33.5 Å². The van der Waals surface area contributed by atoms with Gasteiger partial charge in [0.2, 0.25) is 0 Å². The molecule has 27 unspecified atom stereocenters. The average Bonchev–Trinajstić information content (AvgIpc) is 1.50. The van der Waals surface area contributed by atoms with Crippen molar-refractivity contribution in [1.82, 2.24) is 0 Å². The number of rotatable bonds is 15. The molecule has 0 bridgehead atoms. The summed E-state index contributed by atoms with van der Waals surface area (Å²) in [5.74, 6) is -0.973. The highest BCUT2D eigenvalue weighted by Crippen LogP contribution is 2.77. The Morgan fingerprint density at radius 3 is 1.72 bits per heavy atom. The van der Waals surface area contributed by atoms with Crippen LogP contribution in [0.25, 0.3) is 0 Å². The summed E-state index contributed by atoms with van der Waals surface area (Å²) in [5.41, 5.74) is -6.52. The van der Waals surface area contributed by atoms with Gasteiger partial charge in [-0.25, -0.2) is 0 Å². The summed E-state index contributed by atoms with van der Waals surface area (Å²) in [5, 5.41) is 169. The van der Waals surface area contributed by atoms with Crippen molar-refractivity contribution in [2.24, 2.45) is 33.5 Å². The van der Waals surface area contributed by atoms with Crippen LogP contribution in [0.1, 0.15) is 107 Å².